The molecule has 6 nitrogen and oxygen atoms in total. The Kier molecular flexibility index (Phi) is 5.98. The number of hydrogen-bond acceptors (Lipinski definition) is 4. The summed E-state index contributed by atoms with van der Waals surface area (Å²) in [5.74, 6) is 0.567. The Hall–Kier alpha value is -3.67. The minimum absolute atomic E-state index is 0.162. The highest BCUT2D eigenvalue weighted by Crippen LogP contribution is 2.27. The number of rotatable bonds is 7. The third-order valence-electron chi connectivity index (χ3n) is 5.39. The Balaban J connectivity index is 1.67. The molecule has 4 aromatic rings. The first kappa shape index (κ1) is 20.6. The molecule has 31 heavy (non-hydrogen) atoms. The summed E-state index contributed by atoms with van der Waals surface area (Å²) in [5.41, 5.74) is 4.99. The van der Waals surface area contributed by atoms with Crippen molar-refractivity contribution in [1.82, 2.24) is 20.3 Å². The van der Waals surface area contributed by atoms with Crippen molar-refractivity contribution >= 4 is 5.91 Å². The number of carbonyl (C=O) groups is 1. The molecule has 0 radical (unpaired) electrons. The van der Waals surface area contributed by atoms with Gasteiger partial charge in [-0.05, 0) is 25.8 Å². The fourth-order valence-corrected chi connectivity index (χ4v) is 3.85. The summed E-state index contributed by atoms with van der Waals surface area (Å²) in [7, 11) is 0. The first-order chi connectivity index (χ1) is 15.1. The van der Waals surface area contributed by atoms with E-state index in [1.54, 1.807) is 0 Å². The number of hydrogen-bond donors (Lipinski definition) is 1. The van der Waals surface area contributed by atoms with E-state index in [0.717, 1.165) is 34.6 Å². The molecule has 0 bridgehead atoms. The first-order valence-corrected chi connectivity index (χ1v) is 10.5. The zero-order chi connectivity index (χ0) is 21.8. The third-order valence-corrected chi connectivity index (χ3v) is 5.39. The first-order valence-electron chi connectivity index (χ1n) is 10.5. The molecule has 2 aromatic carbocycles. The fourth-order valence-electron chi connectivity index (χ4n) is 3.85. The highest BCUT2D eigenvalue weighted by atomic mass is 16.5. The maximum absolute atomic E-state index is 13.4. The molecule has 1 N–H and O–H groups in total. The minimum atomic E-state index is -0.181. The van der Waals surface area contributed by atoms with Crippen molar-refractivity contribution < 1.29 is 9.32 Å². The number of aryl methyl sites for hydroxylation is 2. The van der Waals surface area contributed by atoms with E-state index in [1.807, 2.05) is 92.3 Å². The molecular weight excluding hydrogens is 388 g/mol. The second-order valence-corrected chi connectivity index (χ2v) is 7.61. The Bertz CT molecular complexity index is 1140. The van der Waals surface area contributed by atoms with Crippen molar-refractivity contribution in [2.24, 2.45) is 0 Å². The molecular formula is C25H26N4O2. The van der Waals surface area contributed by atoms with Crippen molar-refractivity contribution in [3.05, 3.63) is 95.0 Å². The molecule has 0 fully saturated rings. The molecule has 1 atom stereocenters. The number of benzene rings is 2. The van der Waals surface area contributed by atoms with E-state index in [-0.39, 0.29) is 11.9 Å². The van der Waals surface area contributed by atoms with Gasteiger partial charge in [-0.2, -0.15) is 5.10 Å². The van der Waals surface area contributed by atoms with Crippen LogP contribution < -0.4 is 5.32 Å². The molecule has 0 spiro atoms. The van der Waals surface area contributed by atoms with E-state index in [9.17, 15) is 4.79 Å². The fraction of sp³-hybridized carbons (Fsp3) is 0.240. The number of nitrogens with one attached hydrogen (secondary N) is 1. The van der Waals surface area contributed by atoms with E-state index >= 15 is 0 Å². The van der Waals surface area contributed by atoms with Gasteiger partial charge in [-0.3, -0.25) is 9.48 Å². The Morgan fingerprint density at radius 1 is 1.06 bits per heavy atom. The molecule has 2 aromatic heterocycles. The molecule has 0 unspecified atom stereocenters. The number of carbonyl (C=O) groups excluding carboxylic acids is 1. The van der Waals surface area contributed by atoms with Crippen LogP contribution in [0.25, 0.3) is 11.3 Å². The third kappa shape index (κ3) is 4.43. The largest absolute Gasteiger partial charge is 0.361 e. The molecule has 0 aliphatic rings. The van der Waals surface area contributed by atoms with Gasteiger partial charge in [-0.1, -0.05) is 72.7 Å². The van der Waals surface area contributed by atoms with Crippen molar-refractivity contribution in [3.8, 4) is 11.3 Å². The predicted octanol–water partition coefficient (Wildman–Crippen LogP) is 5.08. The Morgan fingerprint density at radius 2 is 1.74 bits per heavy atom. The maximum atomic E-state index is 13.4. The van der Waals surface area contributed by atoms with Crippen molar-refractivity contribution in [1.29, 1.82) is 0 Å². The second kappa shape index (κ2) is 9.00. The van der Waals surface area contributed by atoms with Crippen LogP contribution in [-0.4, -0.2) is 20.8 Å². The topological polar surface area (TPSA) is 73.0 Å². The van der Waals surface area contributed by atoms with Gasteiger partial charge in [0.2, 0.25) is 0 Å². The summed E-state index contributed by atoms with van der Waals surface area (Å²) in [6, 6.07) is 19.7. The van der Waals surface area contributed by atoms with Crippen LogP contribution in [0.2, 0.25) is 0 Å². The number of aromatic nitrogens is 3. The van der Waals surface area contributed by atoms with E-state index in [2.05, 4.69) is 10.5 Å². The molecule has 0 aliphatic carbocycles. The summed E-state index contributed by atoms with van der Waals surface area (Å²) in [4.78, 5) is 13.4. The van der Waals surface area contributed by atoms with Crippen LogP contribution in [0, 0.1) is 13.8 Å². The summed E-state index contributed by atoms with van der Waals surface area (Å²) >= 11 is 0. The average molecular weight is 415 g/mol. The molecule has 0 saturated heterocycles. The predicted molar refractivity (Wildman–Crippen MR) is 120 cm³/mol. The average Bonchev–Trinajstić information content (AvgIpc) is 3.36. The van der Waals surface area contributed by atoms with Gasteiger partial charge in [-0.25, -0.2) is 0 Å². The van der Waals surface area contributed by atoms with E-state index in [4.69, 9.17) is 9.62 Å². The summed E-state index contributed by atoms with van der Waals surface area (Å²) < 4.78 is 7.13. The smallest absolute Gasteiger partial charge is 0.255 e. The molecule has 1 amide bonds. The van der Waals surface area contributed by atoms with E-state index in [1.165, 1.54) is 0 Å². The second-order valence-electron chi connectivity index (χ2n) is 7.61. The molecule has 6 heteroatoms. The van der Waals surface area contributed by atoms with Crippen LogP contribution in [0.5, 0.6) is 0 Å². The summed E-state index contributed by atoms with van der Waals surface area (Å²) in [6.07, 6.45) is 2.55. The van der Waals surface area contributed by atoms with Crippen LogP contribution >= 0.6 is 0 Å². The van der Waals surface area contributed by atoms with Crippen LogP contribution in [0.4, 0.5) is 0 Å². The molecule has 158 valence electrons. The molecule has 4 rings (SSSR count). The lowest BCUT2D eigenvalue weighted by atomic mass is 10.0. The van der Waals surface area contributed by atoms with Crippen LogP contribution in [0.15, 0.2) is 71.4 Å². The van der Waals surface area contributed by atoms with Gasteiger partial charge >= 0.3 is 0 Å². The minimum Gasteiger partial charge on any atom is -0.361 e. The summed E-state index contributed by atoms with van der Waals surface area (Å²) in [5, 5.41) is 12.0. The van der Waals surface area contributed by atoms with Gasteiger partial charge in [-0.15, -0.1) is 0 Å². The van der Waals surface area contributed by atoms with Crippen molar-refractivity contribution in [3.63, 3.8) is 0 Å². The lowest BCUT2D eigenvalue weighted by Gasteiger charge is -2.17. The number of nitrogens with zero attached hydrogens (tertiary/aromatic N) is 3. The van der Waals surface area contributed by atoms with Crippen molar-refractivity contribution in [2.45, 2.75) is 39.8 Å². The SMILES string of the molecule is CC[C@H](NC(=O)c1cn(Cc2ccccc2)nc1-c1ccccc1)c1c(C)noc1C. The number of amides is 1. The highest BCUT2D eigenvalue weighted by Gasteiger charge is 2.24. The van der Waals surface area contributed by atoms with Crippen LogP contribution in [0.1, 0.15) is 52.3 Å². The van der Waals surface area contributed by atoms with Gasteiger partial charge in [0.15, 0.2) is 0 Å². The van der Waals surface area contributed by atoms with Gasteiger partial charge in [0.1, 0.15) is 11.5 Å². The van der Waals surface area contributed by atoms with Gasteiger partial charge < -0.3 is 9.84 Å². The van der Waals surface area contributed by atoms with E-state index in [0.29, 0.717) is 17.8 Å². The highest BCUT2D eigenvalue weighted by molar-refractivity contribution is 6.00. The zero-order valence-corrected chi connectivity index (χ0v) is 18.0. The van der Waals surface area contributed by atoms with Crippen molar-refractivity contribution in [2.75, 3.05) is 0 Å². The van der Waals surface area contributed by atoms with Crippen LogP contribution in [-0.2, 0) is 6.54 Å². The Labute approximate surface area is 181 Å². The van der Waals surface area contributed by atoms with Crippen LogP contribution in [0.3, 0.4) is 0 Å². The standard InChI is InChI=1S/C25H26N4O2/c1-4-22(23-17(2)28-31-18(23)3)26-25(30)21-16-29(15-19-11-7-5-8-12-19)27-24(21)20-13-9-6-10-14-20/h5-14,16,22H,4,15H2,1-3H3,(H,26,30)/t22-/m0/s1. The lowest BCUT2D eigenvalue weighted by Crippen LogP contribution is -2.29. The van der Waals surface area contributed by atoms with Gasteiger partial charge in [0, 0.05) is 17.3 Å². The normalized spacial score (nSPS) is 12.0. The Morgan fingerprint density at radius 3 is 2.35 bits per heavy atom. The van der Waals surface area contributed by atoms with Gasteiger partial charge in [0.05, 0.1) is 23.8 Å². The molecule has 0 aliphatic heterocycles. The summed E-state index contributed by atoms with van der Waals surface area (Å²) in [6.45, 7) is 6.40. The zero-order valence-electron chi connectivity index (χ0n) is 18.0. The molecule has 2 heterocycles. The maximum Gasteiger partial charge on any atom is 0.255 e. The monoisotopic (exact) mass is 414 g/mol. The molecule has 0 saturated carbocycles. The quantitative estimate of drug-likeness (QED) is 0.457. The van der Waals surface area contributed by atoms with Gasteiger partial charge in [0.25, 0.3) is 5.91 Å². The lowest BCUT2D eigenvalue weighted by molar-refractivity contribution is 0.0936. The van der Waals surface area contributed by atoms with E-state index < -0.39 is 0 Å².